The van der Waals surface area contributed by atoms with E-state index in [0.29, 0.717) is 12.8 Å². The third kappa shape index (κ3) is 7.35. The molecule has 0 heterocycles. The van der Waals surface area contributed by atoms with Gasteiger partial charge in [0, 0.05) is 23.5 Å². The molecule has 0 aromatic heterocycles. The lowest BCUT2D eigenvalue weighted by Crippen LogP contribution is -2.46. The Balaban J connectivity index is 4.51. The van der Waals surface area contributed by atoms with Gasteiger partial charge in [-0.05, 0) is 32.6 Å². The molecule has 6 heteroatoms. The number of hydrogen-bond donors (Lipinski definition) is 2. The molecule has 0 unspecified atom stereocenters. The van der Waals surface area contributed by atoms with Crippen LogP contribution in [0.4, 0.5) is 0 Å². The summed E-state index contributed by atoms with van der Waals surface area (Å²) in [4.78, 5) is 24.5. The molecule has 0 radical (unpaired) electrons. The fourth-order valence-electron chi connectivity index (χ4n) is 2.08. The quantitative estimate of drug-likeness (QED) is 0.204. The summed E-state index contributed by atoms with van der Waals surface area (Å²) in [6.45, 7) is 1.36. The Bertz CT molecular complexity index is 295. The average Bonchev–Trinajstić information content (AvgIpc) is 2.46. The normalized spacial score (nSPS) is 11.9. The van der Waals surface area contributed by atoms with Crippen LogP contribution in [0.1, 0.15) is 58.3 Å². The summed E-state index contributed by atoms with van der Waals surface area (Å²) >= 11 is 6.64. The van der Waals surface area contributed by atoms with Crippen molar-refractivity contribution in [3.05, 3.63) is 0 Å². The van der Waals surface area contributed by atoms with E-state index in [1.807, 2.05) is 0 Å². The molecule has 0 aliphatic carbocycles. The maximum atomic E-state index is 12.2. The van der Waals surface area contributed by atoms with E-state index >= 15 is 0 Å². The van der Waals surface area contributed by atoms with E-state index < -0.39 is 11.7 Å². The zero-order valence-electron chi connectivity index (χ0n) is 12.6. The Morgan fingerprint density at radius 2 is 1.24 bits per heavy atom. The average molecular weight is 430 g/mol. The number of halogens is 2. The molecule has 0 spiro atoms. The first-order chi connectivity index (χ1) is 9.91. The molecule has 0 bridgehead atoms. The molecule has 0 aromatic carbocycles. The highest BCUT2D eigenvalue weighted by molar-refractivity contribution is 9.09. The van der Waals surface area contributed by atoms with Crippen LogP contribution in [-0.4, -0.2) is 38.7 Å². The molecule has 0 rings (SSSR count). The Morgan fingerprint density at radius 3 is 1.52 bits per heavy atom. The highest BCUT2D eigenvalue weighted by Gasteiger charge is 2.45. The summed E-state index contributed by atoms with van der Waals surface area (Å²) in [5.74, 6) is -0.727. The van der Waals surface area contributed by atoms with Crippen LogP contribution in [0.25, 0.3) is 0 Å². The Labute approximate surface area is 143 Å². The topological polar surface area (TPSA) is 74.6 Å². The van der Waals surface area contributed by atoms with Crippen LogP contribution in [-0.2, 0) is 9.59 Å². The summed E-state index contributed by atoms with van der Waals surface area (Å²) in [6, 6.07) is 0. The summed E-state index contributed by atoms with van der Waals surface area (Å²) in [6.07, 6.45) is 3.54. The van der Waals surface area contributed by atoms with Crippen molar-refractivity contribution >= 4 is 43.4 Å². The van der Waals surface area contributed by atoms with E-state index in [1.165, 1.54) is 6.92 Å². The molecule has 0 amide bonds. The fourth-order valence-corrected chi connectivity index (χ4v) is 2.87. The van der Waals surface area contributed by atoms with Crippen LogP contribution in [0.5, 0.6) is 0 Å². The first kappa shape index (κ1) is 21.2. The molecule has 21 heavy (non-hydrogen) atoms. The monoisotopic (exact) mass is 428 g/mol. The number of carbonyl (C=O) groups is 2. The van der Waals surface area contributed by atoms with Gasteiger partial charge >= 0.3 is 0 Å². The molecule has 0 saturated heterocycles. The van der Waals surface area contributed by atoms with Crippen molar-refractivity contribution in [2.45, 2.75) is 64.6 Å². The van der Waals surface area contributed by atoms with Crippen molar-refractivity contribution in [2.24, 2.45) is 5.41 Å². The van der Waals surface area contributed by atoms with E-state index in [4.69, 9.17) is 0 Å². The van der Waals surface area contributed by atoms with Gasteiger partial charge in [-0.3, -0.25) is 9.59 Å². The smallest absolute Gasteiger partial charge is 0.170 e. The number of aliphatic hydroxyl groups is 2. The molecule has 4 nitrogen and oxygen atoms in total. The molecular formula is C15H26Br2O4. The predicted octanol–water partition coefficient (Wildman–Crippen LogP) is 3.35. The van der Waals surface area contributed by atoms with Gasteiger partial charge in [0.15, 0.2) is 17.9 Å². The SMILES string of the molecule is CC(C(=O)CCCCCBr)(C(=O)CCCCCBr)C(O)O. The fraction of sp³-hybridized carbons (Fsp3) is 0.867. The second kappa shape index (κ2) is 11.7. The second-order valence-electron chi connectivity index (χ2n) is 5.42. The van der Waals surface area contributed by atoms with Gasteiger partial charge in [-0.25, -0.2) is 0 Å². The van der Waals surface area contributed by atoms with Crippen molar-refractivity contribution in [3.63, 3.8) is 0 Å². The predicted molar refractivity (Wildman–Crippen MR) is 90.9 cm³/mol. The van der Waals surface area contributed by atoms with Crippen molar-refractivity contribution in [1.82, 2.24) is 0 Å². The number of Topliss-reactive ketones (excluding diaryl/α,β-unsaturated/α-hetero) is 2. The van der Waals surface area contributed by atoms with Gasteiger partial charge in [0.05, 0.1) is 0 Å². The van der Waals surface area contributed by atoms with Crippen molar-refractivity contribution in [2.75, 3.05) is 10.7 Å². The molecule has 0 aromatic rings. The number of aliphatic hydroxyl groups excluding tert-OH is 1. The first-order valence-electron chi connectivity index (χ1n) is 7.45. The molecule has 0 saturated carbocycles. The van der Waals surface area contributed by atoms with Gasteiger partial charge in [0.2, 0.25) is 0 Å². The van der Waals surface area contributed by atoms with Gasteiger partial charge in [-0.2, -0.15) is 0 Å². The van der Waals surface area contributed by atoms with Crippen molar-refractivity contribution < 1.29 is 19.8 Å². The van der Waals surface area contributed by atoms with Crippen LogP contribution in [0, 0.1) is 5.41 Å². The van der Waals surface area contributed by atoms with Gasteiger partial charge in [-0.1, -0.05) is 44.7 Å². The van der Waals surface area contributed by atoms with Crippen LogP contribution >= 0.6 is 31.9 Å². The van der Waals surface area contributed by atoms with Gasteiger partial charge in [0.1, 0.15) is 5.41 Å². The minimum atomic E-state index is -1.93. The Kier molecular flexibility index (Phi) is 11.9. The lowest BCUT2D eigenvalue weighted by atomic mass is 9.77. The zero-order chi connectivity index (χ0) is 16.3. The minimum absolute atomic E-state index is 0.217. The van der Waals surface area contributed by atoms with Gasteiger partial charge in [0.25, 0.3) is 0 Å². The minimum Gasteiger partial charge on any atom is -0.367 e. The van der Waals surface area contributed by atoms with Crippen molar-refractivity contribution in [1.29, 1.82) is 0 Å². The Morgan fingerprint density at radius 1 is 0.857 bits per heavy atom. The summed E-state index contributed by atoms with van der Waals surface area (Å²) in [7, 11) is 0. The van der Waals surface area contributed by atoms with Crippen LogP contribution < -0.4 is 0 Å². The Hall–Kier alpha value is 0.220. The largest absolute Gasteiger partial charge is 0.367 e. The zero-order valence-corrected chi connectivity index (χ0v) is 15.8. The lowest BCUT2D eigenvalue weighted by molar-refractivity contribution is -0.169. The summed E-state index contributed by atoms with van der Waals surface area (Å²) < 4.78 is 0. The maximum Gasteiger partial charge on any atom is 0.170 e. The second-order valence-corrected chi connectivity index (χ2v) is 7.01. The number of alkyl halides is 2. The maximum absolute atomic E-state index is 12.2. The van der Waals surface area contributed by atoms with Crippen LogP contribution in [0.3, 0.4) is 0 Å². The summed E-state index contributed by atoms with van der Waals surface area (Å²) in [5, 5.41) is 20.8. The number of rotatable bonds is 13. The third-order valence-electron chi connectivity index (χ3n) is 3.75. The van der Waals surface area contributed by atoms with E-state index in [1.54, 1.807) is 0 Å². The van der Waals surface area contributed by atoms with E-state index in [-0.39, 0.29) is 24.4 Å². The van der Waals surface area contributed by atoms with E-state index in [2.05, 4.69) is 31.9 Å². The molecule has 2 N–H and O–H groups in total. The number of unbranched alkanes of at least 4 members (excludes halogenated alkanes) is 4. The standard InChI is InChI=1S/C15H26Br2O4/c1-15(14(20)21,12(18)8-4-2-6-10-16)13(19)9-5-3-7-11-17/h14,20-21H,2-11H2,1H3. The molecule has 0 aliphatic heterocycles. The molecular weight excluding hydrogens is 404 g/mol. The number of carbonyl (C=O) groups excluding carboxylic acids is 2. The summed E-state index contributed by atoms with van der Waals surface area (Å²) in [5.41, 5.74) is -1.68. The highest BCUT2D eigenvalue weighted by atomic mass is 79.9. The van der Waals surface area contributed by atoms with E-state index in [0.717, 1.165) is 36.3 Å². The lowest BCUT2D eigenvalue weighted by Gasteiger charge is -2.28. The van der Waals surface area contributed by atoms with E-state index in [9.17, 15) is 19.8 Å². The van der Waals surface area contributed by atoms with Crippen LogP contribution in [0.15, 0.2) is 0 Å². The number of ketones is 2. The van der Waals surface area contributed by atoms with Gasteiger partial charge < -0.3 is 10.2 Å². The van der Waals surface area contributed by atoms with Gasteiger partial charge in [-0.15, -0.1) is 0 Å². The number of hydrogen-bond acceptors (Lipinski definition) is 4. The van der Waals surface area contributed by atoms with Crippen LogP contribution in [0.2, 0.25) is 0 Å². The van der Waals surface area contributed by atoms with Crippen molar-refractivity contribution in [3.8, 4) is 0 Å². The first-order valence-corrected chi connectivity index (χ1v) is 9.70. The third-order valence-corrected chi connectivity index (χ3v) is 4.87. The molecule has 0 atom stereocenters. The molecule has 0 aliphatic rings. The molecule has 124 valence electrons. The molecule has 0 fully saturated rings. The highest BCUT2D eigenvalue weighted by Crippen LogP contribution is 2.28.